The van der Waals surface area contributed by atoms with Gasteiger partial charge in [0.15, 0.2) is 12.2 Å². The lowest BCUT2D eigenvalue weighted by Gasteiger charge is -2.21. The van der Waals surface area contributed by atoms with Crippen LogP contribution in [0.2, 0.25) is 0 Å². The Morgan fingerprint density at radius 3 is 0.739 bits per heavy atom. The van der Waals surface area contributed by atoms with Gasteiger partial charge in [0.2, 0.25) is 0 Å². The summed E-state index contributed by atoms with van der Waals surface area (Å²) in [5, 5.41) is 10.6. The maximum absolute atomic E-state index is 13.1. The highest BCUT2D eigenvalue weighted by Gasteiger charge is 2.30. The first-order chi connectivity index (χ1) is 44.4. The molecular weight excluding hydrogens is 1210 g/mol. The first-order valence-electron chi connectivity index (χ1n) is 38.0. The van der Waals surface area contributed by atoms with Crippen LogP contribution >= 0.6 is 15.6 Å². The fourth-order valence-corrected chi connectivity index (χ4v) is 12.7. The van der Waals surface area contributed by atoms with Crippen LogP contribution in [-0.4, -0.2) is 96.7 Å². The minimum Gasteiger partial charge on any atom is -0.462 e. The van der Waals surface area contributed by atoms with E-state index in [0.29, 0.717) is 31.6 Å². The van der Waals surface area contributed by atoms with E-state index in [1.54, 1.807) is 0 Å². The number of phosphoric ester groups is 2. The van der Waals surface area contributed by atoms with Crippen LogP contribution in [0.1, 0.15) is 375 Å². The molecule has 0 rings (SSSR count). The van der Waals surface area contributed by atoms with Crippen molar-refractivity contribution in [2.75, 3.05) is 39.6 Å². The third kappa shape index (κ3) is 66.7. The van der Waals surface area contributed by atoms with Crippen molar-refractivity contribution >= 4 is 39.5 Å². The average molecular weight is 1350 g/mol. The van der Waals surface area contributed by atoms with Crippen LogP contribution in [0.15, 0.2) is 0 Å². The molecule has 92 heavy (non-hydrogen) atoms. The summed E-state index contributed by atoms with van der Waals surface area (Å²) in [6, 6.07) is 0. The normalized spacial score (nSPS) is 14.1. The molecule has 0 amide bonds. The van der Waals surface area contributed by atoms with Gasteiger partial charge in [-0.05, 0) is 37.5 Å². The number of carbonyl (C=O) groups excluding carboxylic acids is 4. The lowest BCUT2D eigenvalue weighted by Crippen LogP contribution is -2.30. The van der Waals surface area contributed by atoms with E-state index in [1.807, 2.05) is 0 Å². The summed E-state index contributed by atoms with van der Waals surface area (Å²) in [5.74, 6) is -0.637. The molecule has 546 valence electrons. The van der Waals surface area contributed by atoms with E-state index >= 15 is 0 Å². The predicted molar refractivity (Wildman–Crippen MR) is 372 cm³/mol. The molecule has 19 heteroatoms. The Morgan fingerprint density at radius 2 is 0.500 bits per heavy atom. The SMILES string of the molecule is CCCCCCCCCCCCCCCC(=O)OC[C@H](COP(=O)(O)OC[C@@H](O)COP(=O)(O)OC[C@@H](COC(=O)CCCCCCCCC(C)C)OC(=O)CCCCCCCCCCCCCC)OC(=O)CCCCCCCCCCCCCCCCCC(C)C. The first kappa shape index (κ1) is 90.1. The molecule has 0 radical (unpaired) electrons. The van der Waals surface area contributed by atoms with Crippen molar-refractivity contribution in [1.82, 2.24) is 0 Å². The highest BCUT2D eigenvalue weighted by atomic mass is 31.2. The Hall–Kier alpha value is -1.94. The zero-order valence-electron chi connectivity index (χ0n) is 59.9. The van der Waals surface area contributed by atoms with Crippen molar-refractivity contribution in [3.63, 3.8) is 0 Å². The molecule has 0 aromatic carbocycles. The third-order valence-electron chi connectivity index (χ3n) is 17.0. The second-order valence-electron chi connectivity index (χ2n) is 27.3. The van der Waals surface area contributed by atoms with Crippen LogP contribution in [-0.2, 0) is 65.4 Å². The van der Waals surface area contributed by atoms with Crippen molar-refractivity contribution in [3.05, 3.63) is 0 Å². The smallest absolute Gasteiger partial charge is 0.462 e. The minimum absolute atomic E-state index is 0.106. The van der Waals surface area contributed by atoms with Crippen molar-refractivity contribution < 1.29 is 80.2 Å². The van der Waals surface area contributed by atoms with Gasteiger partial charge in [0.05, 0.1) is 26.4 Å². The molecule has 0 fully saturated rings. The summed E-state index contributed by atoms with van der Waals surface area (Å²) in [7, 11) is -9.90. The molecule has 0 aromatic heterocycles. The summed E-state index contributed by atoms with van der Waals surface area (Å²) < 4.78 is 68.4. The lowest BCUT2D eigenvalue weighted by molar-refractivity contribution is -0.161. The molecule has 3 N–H and O–H groups in total. The molecule has 0 bridgehead atoms. The van der Waals surface area contributed by atoms with E-state index in [4.69, 9.17) is 37.0 Å². The molecule has 0 aliphatic carbocycles. The maximum Gasteiger partial charge on any atom is 0.472 e. The van der Waals surface area contributed by atoms with E-state index < -0.39 is 97.5 Å². The van der Waals surface area contributed by atoms with Gasteiger partial charge in [0.1, 0.15) is 19.3 Å². The van der Waals surface area contributed by atoms with Crippen LogP contribution in [0.5, 0.6) is 0 Å². The van der Waals surface area contributed by atoms with Crippen LogP contribution in [0.4, 0.5) is 0 Å². The molecule has 2 unspecified atom stereocenters. The Morgan fingerprint density at radius 1 is 0.293 bits per heavy atom. The van der Waals surface area contributed by atoms with E-state index in [2.05, 4.69) is 41.5 Å². The topological polar surface area (TPSA) is 237 Å². The molecular formula is C73H142O17P2. The highest BCUT2D eigenvalue weighted by molar-refractivity contribution is 7.47. The first-order valence-corrected chi connectivity index (χ1v) is 41.0. The maximum atomic E-state index is 13.1. The van der Waals surface area contributed by atoms with Gasteiger partial charge >= 0.3 is 39.5 Å². The van der Waals surface area contributed by atoms with Gasteiger partial charge < -0.3 is 33.8 Å². The predicted octanol–water partition coefficient (Wildman–Crippen LogP) is 21.2. The second kappa shape index (κ2) is 65.0. The monoisotopic (exact) mass is 1350 g/mol. The Bertz CT molecular complexity index is 1790. The quantitative estimate of drug-likeness (QED) is 0.0222. The minimum atomic E-state index is -4.95. The van der Waals surface area contributed by atoms with Gasteiger partial charge in [-0.1, -0.05) is 324 Å². The van der Waals surface area contributed by atoms with Crippen molar-refractivity contribution in [2.45, 2.75) is 394 Å². The molecule has 0 aromatic rings. The summed E-state index contributed by atoms with van der Waals surface area (Å²) in [4.78, 5) is 72.6. The van der Waals surface area contributed by atoms with Gasteiger partial charge in [0.25, 0.3) is 0 Å². The van der Waals surface area contributed by atoms with Crippen LogP contribution in [0.3, 0.4) is 0 Å². The van der Waals surface area contributed by atoms with Gasteiger partial charge in [-0.15, -0.1) is 0 Å². The molecule has 0 heterocycles. The average Bonchev–Trinajstić information content (AvgIpc) is 2.72. The molecule has 5 atom stereocenters. The fraction of sp³-hybridized carbons (Fsp3) is 0.945. The highest BCUT2D eigenvalue weighted by Crippen LogP contribution is 2.45. The van der Waals surface area contributed by atoms with Crippen molar-refractivity contribution in [1.29, 1.82) is 0 Å². The number of esters is 4. The van der Waals surface area contributed by atoms with E-state index in [-0.39, 0.29) is 25.7 Å². The van der Waals surface area contributed by atoms with Gasteiger partial charge in [0, 0.05) is 25.7 Å². The summed E-state index contributed by atoms with van der Waals surface area (Å²) in [5.41, 5.74) is 0. The van der Waals surface area contributed by atoms with Crippen LogP contribution < -0.4 is 0 Å². The van der Waals surface area contributed by atoms with Crippen LogP contribution in [0, 0.1) is 11.8 Å². The Labute approximate surface area is 562 Å². The summed E-state index contributed by atoms with van der Waals surface area (Å²) in [6.07, 6.45) is 51.4. The number of ether oxygens (including phenoxy) is 4. The zero-order chi connectivity index (χ0) is 67.9. The number of aliphatic hydroxyl groups is 1. The molecule has 17 nitrogen and oxygen atoms in total. The number of phosphoric acid groups is 2. The molecule has 0 saturated heterocycles. The van der Waals surface area contributed by atoms with E-state index in [9.17, 15) is 43.2 Å². The van der Waals surface area contributed by atoms with Crippen LogP contribution in [0.25, 0.3) is 0 Å². The molecule has 0 aliphatic rings. The number of unbranched alkanes of at least 4 members (excludes halogenated alkanes) is 42. The van der Waals surface area contributed by atoms with Crippen molar-refractivity contribution in [3.8, 4) is 0 Å². The van der Waals surface area contributed by atoms with Crippen molar-refractivity contribution in [2.24, 2.45) is 11.8 Å². The standard InChI is InChI=1S/C73H142O17P2/c1-7-9-11-13-15-17-19-24-29-32-36-43-49-55-70(75)83-61-68(89-73(78)58-52-46-38-34-30-26-23-21-22-25-27-31-35-41-47-53-65(3)4)63-87-91(79,80)85-59-67(74)60-86-92(81,82)88-64-69(62-84-71(76)56-50-44-40-39-42-48-54-66(5)6)90-72(77)57-51-45-37-33-28-20-18-16-14-12-10-8-2/h65-69,74H,7-64H2,1-6H3,(H,79,80)(H,81,82)/t67-,68-,69-/m1/s1. The number of hydrogen-bond acceptors (Lipinski definition) is 15. The number of carbonyl (C=O) groups is 4. The molecule has 0 spiro atoms. The molecule has 0 saturated carbocycles. The van der Waals surface area contributed by atoms with E-state index in [1.165, 1.54) is 186 Å². The van der Waals surface area contributed by atoms with Gasteiger partial charge in [-0.2, -0.15) is 0 Å². The Balaban J connectivity index is 5.22. The number of aliphatic hydroxyl groups excluding tert-OH is 1. The van der Waals surface area contributed by atoms with Gasteiger partial charge in [-0.25, -0.2) is 9.13 Å². The van der Waals surface area contributed by atoms with Gasteiger partial charge in [-0.3, -0.25) is 37.3 Å². The molecule has 0 aliphatic heterocycles. The lowest BCUT2D eigenvalue weighted by atomic mass is 10.0. The zero-order valence-corrected chi connectivity index (χ0v) is 61.6. The largest absolute Gasteiger partial charge is 0.472 e. The summed E-state index contributed by atoms with van der Waals surface area (Å²) in [6.45, 7) is 9.52. The Kier molecular flexibility index (Phi) is 63.7. The summed E-state index contributed by atoms with van der Waals surface area (Å²) >= 11 is 0. The number of hydrogen-bond donors (Lipinski definition) is 3. The third-order valence-corrected chi connectivity index (χ3v) is 18.9. The second-order valence-corrected chi connectivity index (χ2v) is 30.2. The fourth-order valence-electron chi connectivity index (χ4n) is 11.1. The van der Waals surface area contributed by atoms with E-state index in [0.717, 1.165) is 102 Å². The number of rotatable bonds is 72.